The van der Waals surface area contributed by atoms with E-state index in [0.29, 0.717) is 31.2 Å². The van der Waals surface area contributed by atoms with Crippen molar-refractivity contribution in [3.63, 3.8) is 0 Å². The quantitative estimate of drug-likeness (QED) is 0.901. The highest BCUT2D eigenvalue weighted by Crippen LogP contribution is 2.16. The number of rotatable bonds is 4. The monoisotopic (exact) mass is 321 g/mol. The fourth-order valence-corrected chi connectivity index (χ4v) is 2.87. The first kappa shape index (κ1) is 17.4. The number of benzene rings is 1. The van der Waals surface area contributed by atoms with E-state index in [-0.39, 0.29) is 18.2 Å². The van der Waals surface area contributed by atoms with Gasteiger partial charge in [0.1, 0.15) is 11.9 Å². The molecule has 0 saturated carbocycles. The molecular weight excluding hydrogens is 297 g/mol. The van der Waals surface area contributed by atoms with E-state index in [4.69, 9.17) is 0 Å². The Bertz CT molecular complexity index is 577. The molecule has 1 heterocycles. The zero-order chi connectivity index (χ0) is 17.0. The van der Waals surface area contributed by atoms with Gasteiger partial charge < -0.3 is 10.2 Å². The van der Waals surface area contributed by atoms with Crippen LogP contribution >= 0.6 is 0 Å². The number of nitrogens with zero attached hydrogens (tertiary/aromatic N) is 2. The Morgan fingerprint density at radius 1 is 1.30 bits per heavy atom. The van der Waals surface area contributed by atoms with Crippen LogP contribution in [0.25, 0.3) is 0 Å². The van der Waals surface area contributed by atoms with Crippen LogP contribution in [0.2, 0.25) is 0 Å². The number of nitrogens with one attached hydrogen (secondary N) is 1. The predicted molar refractivity (Wildman–Crippen MR) is 86.4 cm³/mol. The molecule has 1 saturated heterocycles. The summed E-state index contributed by atoms with van der Waals surface area (Å²) < 4.78 is 13.7. The van der Waals surface area contributed by atoms with Gasteiger partial charge >= 0.3 is 0 Å². The SMILES string of the molecule is CNC(=O)[C@@H]1CN(C(C)C)CCN1C(=O)Cc1ccccc1F. The average Bonchev–Trinajstić information content (AvgIpc) is 2.55. The maximum absolute atomic E-state index is 13.7. The minimum Gasteiger partial charge on any atom is -0.357 e. The van der Waals surface area contributed by atoms with Crippen LogP contribution in [0.1, 0.15) is 19.4 Å². The van der Waals surface area contributed by atoms with Gasteiger partial charge in [0.2, 0.25) is 11.8 Å². The summed E-state index contributed by atoms with van der Waals surface area (Å²) in [5.41, 5.74) is 0.361. The Morgan fingerprint density at radius 3 is 2.61 bits per heavy atom. The fraction of sp³-hybridized carbons (Fsp3) is 0.529. The first-order valence-electron chi connectivity index (χ1n) is 7.92. The molecule has 126 valence electrons. The fourth-order valence-electron chi connectivity index (χ4n) is 2.87. The number of amides is 2. The molecule has 1 fully saturated rings. The average molecular weight is 321 g/mol. The molecule has 1 aromatic rings. The Morgan fingerprint density at radius 2 is 2.00 bits per heavy atom. The predicted octanol–water partition coefficient (Wildman–Crippen LogP) is 1.04. The van der Waals surface area contributed by atoms with Crippen LogP contribution in [0.5, 0.6) is 0 Å². The minimum absolute atomic E-state index is 0.0259. The molecule has 1 atom stereocenters. The lowest BCUT2D eigenvalue weighted by molar-refractivity contribution is -0.143. The van der Waals surface area contributed by atoms with Crippen molar-refractivity contribution in [2.24, 2.45) is 0 Å². The summed E-state index contributed by atoms with van der Waals surface area (Å²) in [4.78, 5) is 28.5. The summed E-state index contributed by atoms with van der Waals surface area (Å²) in [5, 5.41) is 2.62. The van der Waals surface area contributed by atoms with E-state index in [0.717, 1.165) is 0 Å². The summed E-state index contributed by atoms with van der Waals surface area (Å²) in [7, 11) is 1.57. The zero-order valence-electron chi connectivity index (χ0n) is 13.9. The van der Waals surface area contributed by atoms with E-state index in [1.54, 1.807) is 30.1 Å². The molecule has 23 heavy (non-hydrogen) atoms. The zero-order valence-corrected chi connectivity index (χ0v) is 13.9. The van der Waals surface area contributed by atoms with Crippen molar-refractivity contribution in [3.8, 4) is 0 Å². The molecule has 1 N–H and O–H groups in total. The lowest BCUT2D eigenvalue weighted by atomic mass is 10.1. The third-order valence-corrected chi connectivity index (χ3v) is 4.31. The lowest BCUT2D eigenvalue weighted by Crippen LogP contribution is -2.61. The third kappa shape index (κ3) is 4.07. The van der Waals surface area contributed by atoms with Crippen molar-refractivity contribution in [1.29, 1.82) is 0 Å². The highest BCUT2D eigenvalue weighted by atomic mass is 19.1. The Kier molecular flexibility index (Phi) is 5.71. The van der Waals surface area contributed by atoms with Gasteiger partial charge in [0.05, 0.1) is 6.42 Å². The summed E-state index contributed by atoms with van der Waals surface area (Å²) in [6, 6.07) is 6.03. The van der Waals surface area contributed by atoms with E-state index < -0.39 is 11.9 Å². The van der Waals surface area contributed by atoms with Crippen molar-refractivity contribution in [2.75, 3.05) is 26.7 Å². The molecule has 6 heteroatoms. The maximum atomic E-state index is 13.7. The number of piperazine rings is 1. The van der Waals surface area contributed by atoms with Gasteiger partial charge in [-0.15, -0.1) is 0 Å². The summed E-state index contributed by atoms with van der Waals surface area (Å²) >= 11 is 0. The standard InChI is InChI=1S/C17H24FN3O2/c1-12(2)20-8-9-21(15(11-20)17(23)19-3)16(22)10-13-6-4-5-7-14(13)18/h4-7,12,15H,8-11H2,1-3H3,(H,19,23)/t15-/m0/s1. The molecule has 1 aliphatic heterocycles. The summed E-state index contributed by atoms with van der Waals surface area (Å²) in [6.45, 7) is 5.83. The molecule has 1 aliphatic rings. The number of carbonyl (C=O) groups excluding carboxylic acids is 2. The maximum Gasteiger partial charge on any atom is 0.243 e. The number of hydrogen-bond donors (Lipinski definition) is 1. The van der Waals surface area contributed by atoms with Gasteiger partial charge in [0, 0.05) is 32.7 Å². The number of likely N-dealkylation sites (N-methyl/N-ethyl adjacent to an activating group) is 1. The van der Waals surface area contributed by atoms with Gasteiger partial charge in [-0.3, -0.25) is 14.5 Å². The van der Waals surface area contributed by atoms with Crippen LogP contribution < -0.4 is 5.32 Å². The van der Waals surface area contributed by atoms with Gasteiger partial charge in [0.25, 0.3) is 0 Å². The van der Waals surface area contributed by atoms with E-state index in [1.807, 2.05) is 0 Å². The smallest absolute Gasteiger partial charge is 0.243 e. The molecule has 0 aromatic heterocycles. The van der Waals surface area contributed by atoms with E-state index in [9.17, 15) is 14.0 Å². The van der Waals surface area contributed by atoms with Crippen LogP contribution in [-0.4, -0.2) is 60.4 Å². The Hall–Kier alpha value is -1.95. The molecule has 0 aliphatic carbocycles. The largest absolute Gasteiger partial charge is 0.357 e. The number of halogens is 1. The van der Waals surface area contributed by atoms with Crippen LogP contribution in [0.4, 0.5) is 4.39 Å². The second-order valence-corrected chi connectivity index (χ2v) is 6.07. The van der Waals surface area contributed by atoms with Gasteiger partial charge in [-0.1, -0.05) is 18.2 Å². The number of hydrogen-bond acceptors (Lipinski definition) is 3. The first-order chi connectivity index (χ1) is 10.9. The first-order valence-corrected chi connectivity index (χ1v) is 7.92. The van der Waals surface area contributed by atoms with Crippen molar-refractivity contribution in [1.82, 2.24) is 15.1 Å². The summed E-state index contributed by atoms with van der Waals surface area (Å²) in [5.74, 6) is -0.789. The van der Waals surface area contributed by atoms with Crippen LogP contribution in [0, 0.1) is 5.82 Å². The van der Waals surface area contributed by atoms with Crippen LogP contribution in [-0.2, 0) is 16.0 Å². The molecular formula is C17H24FN3O2. The normalized spacial score (nSPS) is 19.0. The van der Waals surface area contributed by atoms with Crippen LogP contribution in [0.3, 0.4) is 0 Å². The van der Waals surface area contributed by atoms with Gasteiger partial charge in [-0.05, 0) is 25.5 Å². The molecule has 0 unspecified atom stereocenters. The van der Waals surface area contributed by atoms with Crippen molar-refractivity contribution in [2.45, 2.75) is 32.4 Å². The second-order valence-electron chi connectivity index (χ2n) is 6.07. The molecule has 5 nitrogen and oxygen atoms in total. The minimum atomic E-state index is -0.532. The second kappa shape index (κ2) is 7.55. The van der Waals surface area contributed by atoms with E-state index >= 15 is 0 Å². The van der Waals surface area contributed by atoms with Gasteiger partial charge in [-0.2, -0.15) is 0 Å². The Labute approximate surface area is 136 Å². The van der Waals surface area contributed by atoms with Gasteiger partial charge in [-0.25, -0.2) is 4.39 Å². The third-order valence-electron chi connectivity index (χ3n) is 4.31. The van der Waals surface area contributed by atoms with Crippen molar-refractivity contribution >= 4 is 11.8 Å². The topological polar surface area (TPSA) is 52.7 Å². The van der Waals surface area contributed by atoms with Crippen molar-refractivity contribution in [3.05, 3.63) is 35.6 Å². The molecule has 2 rings (SSSR count). The highest BCUT2D eigenvalue weighted by Gasteiger charge is 2.35. The molecule has 0 bridgehead atoms. The molecule has 0 spiro atoms. The molecule has 0 radical (unpaired) electrons. The van der Waals surface area contributed by atoms with E-state index in [2.05, 4.69) is 24.1 Å². The Balaban J connectivity index is 2.14. The lowest BCUT2D eigenvalue weighted by Gasteiger charge is -2.42. The summed E-state index contributed by atoms with van der Waals surface area (Å²) in [6.07, 6.45) is -0.0259. The van der Waals surface area contributed by atoms with Crippen LogP contribution in [0.15, 0.2) is 24.3 Å². The van der Waals surface area contributed by atoms with E-state index in [1.165, 1.54) is 6.07 Å². The van der Waals surface area contributed by atoms with Crippen molar-refractivity contribution < 1.29 is 14.0 Å². The highest BCUT2D eigenvalue weighted by molar-refractivity contribution is 5.88. The number of carbonyl (C=O) groups is 2. The molecule has 2 amide bonds. The van der Waals surface area contributed by atoms with Gasteiger partial charge in [0.15, 0.2) is 0 Å². The molecule has 1 aromatic carbocycles.